The smallest absolute Gasteiger partial charge is 0.260 e. The Balaban J connectivity index is 1.65. The second-order valence-corrected chi connectivity index (χ2v) is 6.57. The molecule has 1 aromatic carbocycles. The van der Waals surface area contributed by atoms with E-state index >= 15 is 0 Å². The van der Waals surface area contributed by atoms with Crippen LogP contribution in [0.25, 0.3) is 0 Å². The number of aromatic amines is 1. The highest BCUT2D eigenvalue weighted by Gasteiger charge is 2.42. The van der Waals surface area contributed by atoms with Crippen LogP contribution in [0, 0.1) is 19.8 Å². The first-order valence-electron chi connectivity index (χ1n) is 8.03. The summed E-state index contributed by atoms with van der Waals surface area (Å²) in [5.74, 6) is 0.639. The van der Waals surface area contributed by atoms with E-state index in [1.54, 1.807) is 19.1 Å². The molecule has 0 aliphatic heterocycles. The first-order valence-corrected chi connectivity index (χ1v) is 8.03. The second kappa shape index (κ2) is 6.03. The largest absolute Gasteiger partial charge is 0.349 e. The molecular weight excluding hydrogens is 288 g/mol. The van der Waals surface area contributed by atoms with E-state index in [9.17, 15) is 9.59 Å². The Labute approximate surface area is 135 Å². The van der Waals surface area contributed by atoms with E-state index in [-0.39, 0.29) is 23.1 Å². The number of carbonyl (C=O) groups is 1. The zero-order valence-corrected chi connectivity index (χ0v) is 13.7. The van der Waals surface area contributed by atoms with E-state index < -0.39 is 0 Å². The molecule has 2 N–H and O–H groups in total. The number of aromatic nitrogens is 1. The van der Waals surface area contributed by atoms with Crippen molar-refractivity contribution in [3.63, 3.8) is 0 Å². The summed E-state index contributed by atoms with van der Waals surface area (Å²) in [4.78, 5) is 26.8. The molecule has 1 saturated carbocycles. The summed E-state index contributed by atoms with van der Waals surface area (Å²) in [7, 11) is 0. The third kappa shape index (κ3) is 3.36. The van der Waals surface area contributed by atoms with Gasteiger partial charge in [-0.3, -0.25) is 9.59 Å². The van der Waals surface area contributed by atoms with E-state index in [1.807, 2.05) is 6.92 Å². The van der Waals surface area contributed by atoms with Crippen LogP contribution in [0.15, 0.2) is 41.2 Å². The molecule has 0 saturated heterocycles. The van der Waals surface area contributed by atoms with E-state index in [0.717, 1.165) is 12.1 Å². The minimum absolute atomic E-state index is 0.0497. The van der Waals surface area contributed by atoms with Crippen molar-refractivity contribution in [3.8, 4) is 0 Å². The van der Waals surface area contributed by atoms with Crippen molar-refractivity contribution in [1.29, 1.82) is 0 Å². The molecule has 0 radical (unpaired) electrons. The number of amides is 1. The van der Waals surface area contributed by atoms with Crippen LogP contribution in [0.2, 0.25) is 0 Å². The number of nitrogens with one attached hydrogen (secondary N) is 2. The summed E-state index contributed by atoms with van der Waals surface area (Å²) in [6, 6.07) is 11.9. The SMILES string of the molecule is Cc1cccc([C@@H]2C[C@H]2[C@@H](C)NC(=O)c2ccc(C)[nH]c2=O)c1. The summed E-state index contributed by atoms with van der Waals surface area (Å²) in [6.07, 6.45) is 1.08. The molecule has 1 aliphatic rings. The van der Waals surface area contributed by atoms with Gasteiger partial charge in [0, 0.05) is 11.7 Å². The molecule has 0 unspecified atom stereocenters. The van der Waals surface area contributed by atoms with Crippen molar-refractivity contribution >= 4 is 5.91 Å². The van der Waals surface area contributed by atoms with Crippen LogP contribution in [0.5, 0.6) is 0 Å². The van der Waals surface area contributed by atoms with Crippen molar-refractivity contribution in [3.05, 3.63) is 69.1 Å². The fourth-order valence-electron chi connectivity index (χ4n) is 3.19. The molecule has 1 amide bonds. The first-order chi connectivity index (χ1) is 11.0. The lowest BCUT2D eigenvalue weighted by Crippen LogP contribution is -2.37. The van der Waals surface area contributed by atoms with Gasteiger partial charge in [-0.1, -0.05) is 29.8 Å². The highest BCUT2D eigenvalue weighted by Crippen LogP contribution is 2.49. The standard InChI is InChI=1S/C19H22N2O2/c1-11-5-4-6-14(9-11)17-10-16(17)13(3)21-19(23)15-8-7-12(2)20-18(15)22/h4-9,13,16-17H,10H2,1-3H3,(H,20,22)(H,21,23)/t13-,16+,17+/m1/s1. The van der Waals surface area contributed by atoms with E-state index in [1.165, 1.54) is 11.1 Å². The maximum Gasteiger partial charge on any atom is 0.260 e. The Morgan fingerprint density at radius 1 is 1.26 bits per heavy atom. The van der Waals surface area contributed by atoms with Crippen LogP contribution >= 0.6 is 0 Å². The van der Waals surface area contributed by atoms with Gasteiger partial charge in [0.15, 0.2) is 0 Å². The third-order valence-electron chi connectivity index (χ3n) is 4.61. The quantitative estimate of drug-likeness (QED) is 0.912. The molecule has 120 valence electrons. The number of aryl methyl sites for hydroxylation is 2. The van der Waals surface area contributed by atoms with Gasteiger partial charge in [-0.15, -0.1) is 0 Å². The van der Waals surface area contributed by atoms with Gasteiger partial charge in [0.1, 0.15) is 5.56 Å². The van der Waals surface area contributed by atoms with Crippen LogP contribution in [-0.2, 0) is 0 Å². The number of rotatable bonds is 4. The minimum atomic E-state index is -0.333. The predicted octanol–water partition coefficient (Wildman–Crippen LogP) is 2.91. The molecule has 4 nitrogen and oxygen atoms in total. The molecule has 1 fully saturated rings. The average molecular weight is 310 g/mol. The summed E-state index contributed by atoms with van der Waals surface area (Å²) in [6.45, 7) is 5.90. The normalized spacial score (nSPS) is 20.8. The van der Waals surface area contributed by atoms with Gasteiger partial charge in [-0.05, 0) is 56.7 Å². The highest BCUT2D eigenvalue weighted by molar-refractivity contribution is 5.94. The van der Waals surface area contributed by atoms with Crippen molar-refractivity contribution in [2.45, 2.75) is 39.2 Å². The van der Waals surface area contributed by atoms with Crippen LogP contribution < -0.4 is 10.9 Å². The Morgan fingerprint density at radius 3 is 2.74 bits per heavy atom. The second-order valence-electron chi connectivity index (χ2n) is 6.57. The number of hydrogen-bond acceptors (Lipinski definition) is 2. The molecule has 23 heavy (non-hydrogen) atoms. The number of H-pyrrole nitrogens is 1. The van der Waals surface area contributed by atoms with Crippen LogP contribution in [0.4, 0.5) is 0 Å². The lowest BCUT2D eigenvalue weighted by molar-refractivity contribution is 0.0934. The topological polar surface area (TPSA) is 62.0 Å². The van der Waals surface area contributed by atoms with Crippen molar-refractivity contribution < 1.29 is 4.79 Å². The average Bonchev–Trinajstić information content (AvgIpc) is 3.27. The van der Waals surface area contributed by atoms with Crippen molar-refractivity contribution in [1.82, 2.24) is 10.3 Å². The monoisotopic (exact) mass is 310 g/mol. The molecule has 1 heterocycles. The number of pyridine rings is 1. The fraction of sp³-hybridized carbons (Fsp3) is 0.368. The maximum absolute atomic E-state index is 12.3. The highest BCUT2D eigenvalue weighted by atomic mass is 16.2. The van der Waals surface area contributed by atoms with E-state index in [0.29, 0.717) is 11.8 Å². The molecule has 0 spiro atoms. The predicted molar refractivity (Wildman–Crippen MR) is 90.8 cm³/mol. The first kappa shape index (κ1) is 15.5. The Bertz CT molecular complexity index is 794. The van der Waals surface area contributed by atoms with Crippen molar-refractivity contribution in [2.24, 2.45) is 5.92 Å². The molecule has 1 aliphatic carbocycles. The molecular formula is C19H22N2O2. The molecule has 3 rings (SSSR count). The van der Waals surface area contributed by atoms with Gasteiger partial charge in [0.05, 0.1) is 0 Å². The summed E-state index contributed by atoms with van der Waals surface area (Å²) >= 11 is 0. The summed E-state index contributed by atoms with van der Waals surface area (Å²) in [5.41, 5.74) is 3.19. The van der Waals surface area contributed by atoms with Gasteiger partial charge in [-0.2, -0.15) is 0 Å². The summed E-state index contributed by atoms with van der Waals surface area (Å²) < 4.78 is 0. The van der Waals surface area contributed by atoms with Crippen LogP contribution in [0.3, 0.4) is 0 Å². The zero-order valence-electron chi connectivity index (χ0n) is 13.7. The van der Waals surface area contributed by atoms with Crippen molar-refractivity contribution in [2.75, 3.05) is 0 Å². The van der Waals surface area contributed by atoms with Gasteiger partial charge >= 0.3 is 0 Å². The third-order valence-corrected chi connectivity index (χ3v) is 4.61. The molecule has 4 heteroatoms. The van der Waals surface area contributed by atoms with Gasteiger partial charge in [0.2, 0.25) is 0 Å². The number of benzene rings is 1. The molecule has 0 bridgehead atoms. The number of hydrogen-bond donors (Lipinski definition) is 2. The lowest BCUT2D eigenvalue weighted by atomic mass is 10.0. The van der Waals surface area contributed by atoms with E-state index in [2.05, 4.69) is 41.5 Å². The maximum atomic E-state index is 12.3. The van der Waals surface area contributed by atoms with Crippen LogP contribution in [0.1, 0.15) is 46.4 Å². The Morgan fingerprint density at radius 2 is 2.04 bits per heavy atom. The molecule has 3 atom stereocenters. The summed E-state index contributed by atoms with van der Waals surface area (Å²) in [5, 5.41) is 2.97. The fourth-order valence-corrected chi connectivity index (χ4v) is 3.19. The number of carbonyl (C=O) groups excluding carboxylic acids is 1. The van der Waals surface area contributed by atoms with Gasteiger partial charge < -0.3 is 10.3 Å². The minimum Gasteiger partial charge on any atom is -0.349 e. The molecule has 2 aromatic rings. The van der Waals surface area contributed by atoms with Gasteiger partial charge in [0.25, 0.3) is 11.5 Å². The van der Waals surface area contributed by atoms with Gasteiger partial charge in [-0.25, -0.2) is 0 Å². The Kier molecular flexibility index (Phi) is 4.07. The van der Waals surface area contributed by atoms with Crippen LogP contribution in [-0.4, -0.2) is 16.9 Å². The zero-order chi connectivity index (χ0) is 16.6. The lowest BCUT2D eigenvalue weighted by Gasteiger charge is -2.14. The Hall–Kier alpha value is -2.36. The molecule has 1 aromatic heterocycles. The van der Waals surface area contributed by atoms with E-state index in [4.69, 9.17) is 0 Å².